The molecule has 0 radical (unpaired) electrons. The van der Waals surface area contributed by atoms with Gasteiger partial charge in [-0.1, -0.05) is 13.3 Å². The van der Waals surface area contributed by atoms with Gasteiger partial charge in [-0.05, 0) is 62.6 Å². The van der Waals surface area contributed by atoms with Gasteiger partial charge < -0.3 is 29.0 Å². The van der Waals surface area contributed by atoms with E-state index in [0.717, 1.165) is 17.0 Å². The molecule has 1 aliphatic rings. The van der Waals surface area contributed by atoms with Crippen LogP contribution in [0.4, 0.5) is 20.4 Å². The van der Waals surface area contributed by atoms with E-state index in [9.17, 15) is 8.78 Å². The van der Waals surface area contributed by atoms with Crippen LogP contribution in [0.2, 0.25) is 0 Å². The highest BCUT2D eigenvalue weighted by Gasteiger charge is 2.33. The summed E-state index contributed by atoms with van der Waals surface area (Å²) >= 11 is 0. The molecular weight excluding hydrogens is 496 g/mol. The maximum atomic E-state index is 14.8. The number of nitrogens with one attached hydrogen (secondary N) is 1. The average molecular weight is 530 g/mol. The van der Waals surface area contributed by atoms with Crippen molar-refractivity contribution in [2.75, 3.05) is 25.6 Å². The summed E-state index contributed by atoms with van der Waals surface area (Å²) in [6.07, 6.45) is 3.94. The van der Waals surface area contributed by atoms with Gasteiger partial charge in [-0.2, -0.15) is 0 Å². The van der Waals surface area contributed by atoms with Gasteiger partial charge in [-0.15, -0.1) is 0 Å². The first-order valence-corrected chi connectivity index (χ1v) is 12.5. The van der Waals surface area contributed by atoms with Crippen molar-refractivity contribution in [1.29, 1.82) is 0 Å². The molecule has 38 heavy (non-hydrogen) atoms. The van der Waals surface area contributed by atoms with Crippen LogP contribution in [0.1, 0.15) is 43.9 Å². The minimum Gasteiger partial charge on any atom is -0.494 e. The third kappa shape index (κ3) is 6.68. The number of ether oxygens (including phenoxy) is 5. The molecule has 2 aromatic carbocycles. The van der Waals surface area contributed by atoms with Gasteiger partial charge in [0.1, 0.15) is 30.9 Å². The SMILES string of the molecule is CCCc1cc(OC)c(F)c(COc2cnc(Nc3ccc(OCC4COC(C)(C)O4)c(C)c3)nc2)c1F. The number of anilines is 2. The summed E-state index contributed by atoms with van der Waals surface area (Å²) in [5.41, 5.74) is 1.90. The summed E-state index contributed by atoms with van der Waals surface area (Å²) in [6.45, 7) is 8.18. The maximum Gasteiger partial charge on any atom is 0.227 e. The molecule has 1 aromatic heterocycles. The molecule has 0 spiro atoms. The summed E-state index contributed by atoms with van der Waals surface area (Å²) < 4.78 is 57.4. The molecule has 1 aliphatic heterocycles. The standard InChI is InChI=1S/C28H33F2N3O5/c1-6-7-18-11-24(34-5)26(30)22(25(18)29)16-35-20-12-31-27(32-13-20)33-19-8-9-23(17(2)10-19)36-14-21-15-37-28(3,4)38-21/h8-13,21H,6-7,14-16H2,1-5H3,(H,31,32,33). The predicted molar refractivity (Wildman–Crippen MR) is 138 cm³/mol. The van der Waals surface area contributed by atoms with Crippen LogP contribution < -0.4 is 19.5 Å². The Labute approximate surface area is 221 Å². The molecule has 0 saturated carbocycles. The molecule has 4 rings (SSSR count). The summed E-state index contributed by atoms with van der Waals surface area (Å²) in [7, 11) is 1.35. The first kappa shape index (κ1) is 27.5. The molecule has 1 atom stereocenters. The van der Waals surface area contributed by atoms with Crippen LogP contribution in [0.5, 0.6) is 17.2 Å². The van der Waals surface area contributed by atoms with Gasteiger partial charge in [0.25, 0.3) is 0 Å². The Morgan fingerprint density at radius 3 is 2.47 bits per heavy atom. The van der Waals surface area contributed by atoms with Crippen molar-refractivity contribution in [3.05, 3.63) is 65.0 Å². The zero-order chi connectivity index (χ0) is 27.3. The average Bonchev–Trinajstić information content (AvgIpc) is 3.24. The van der Waals surface area contributed by atoms with Crippen LogP contribution in [-0.4, -0.2) is 42.2 Å². The molecule has 0 aliphatic carbocycles. The van der Waals surface area contributed by atoms with Crippen LogP contribution in [0, 0.1) is 18.6 Å². The number of rotatable bonds is 11. The second kappa shape index (κ2) is 11.9. The summed E-state index contributed by atoms with van der Waals surface area (Å²) in [5.74, 6) is -0.645. The number of methoxy groups -OCH3 is 1. The lowest BCUT2D eigenvalue weighted by molar-refractivity contribution is -0.141. The van der Waals surface area contributed by atoms with Crippen molar-refractivity contribution >= 4 is 11.6 Å². The molecule has 10 heteroatoms. The minimum atomic E-state index is -0.778. The fraction of sp³-hybridized carbons (Fsp3) is 0.429. The number of hydrogen-bond acceptors (Lipinski definition) is 8. The topological polar surface area (TPSA) is 84.0 Å². The molecule has 0 bridgehead atoms. The molecule has 1 fully saturated rings. The molecular formula is C28H33F2N3O5. The second-order valence-electron chi connectivity index (χ2n) is 9.49. The molecule has 1 saturated heterocycles. The summed E-state index contributed by atoms with van der Waals surface area (Å²) in [6, 6.07) is 7.02. The largest absolute Gasteiger partial charge is 0.494 e. The van der Waals surface area contributed by atoms with E-state index in [2.05, 4.69) is 15.3 Å². The number of halogens is 2. The Hall–Kier alpha value is -3.50. The lowest BCUT2D eigenvalue weighted by Gasteiger charge is -2.18. The maximum absolute atomic E-state index is 14.8. The van der Waals surface area contributed by atoms with Crippen molar-refractivity contribution < 1.29 is 32.5 Å². The number of hydrogen-bond donors (Lipinski definition) is 1. The quantitative estimate of drug-likeness (QED) is 0.330. The van der Waals surface area contributed by atoms with Crippen molar-refractivity contribution in [1.82, 2.24) is 9.97 Å². The number of aromatic nitrogens is 2. The lowest BCUT2D eigenvalue weighted by atomic mass is 10.0. The van der Waals surface area contributed by atoms with E-state index in [4.69, 9.17) is 23.7 Å². The van der Waals surface area contributed by atoms with E-state index in [1.165, 1.54) is 25.6 Å². The van der Waals surface area contributed by atoms with Gasteiger partial charge in [-0.3, -0.25) is 0 Å². The van der Waals surface area contributed by atoms with Gasteiger partial charge in [0.2, 0.25) is 5.95 Å². The van der Waals surface area contributed by atoms with Crippen LogP contribution in [0.3, 0.4) is 0 Å². The van der Waals surface area contributed by atoms with E-state index in [0.29, 0.717) is 37.6 Å². The first-order valence-electron chi connectivity index (χ1n) is 12.5. The third-order valence-corrected chi connectivity index (χ3v) is 6.01. The van der Waals surface area contributed by atoms with Crippen molar-refractivity contribution in [3.63, 3.8) is 0 Å². The third-order valence-electron chi connectivity index (χ3n) is 6.01. The van der Waals surface area contributed by atoms with E-state index in [1.807, 2.05) is 45.9 Å². The van der Waals surface area contributed by atoms with Crippen molar-refractivity contribution in [2.45, 2.75) is 59.0 Å². The van der Waals surface area contributed by atoms with Crippen molar-refractivity contribution in [2.24, 2.45) is 0 Å². The Morgan fingerprint density at radius 1 is 1.08 bits per heavy atom. The van der Waals surface area contributed by atoms with E-state index in [-0.39, 0.29) is 29.8 Å². The molecule has 8 nitrogen and oxygen atoms in total. The monoisotopic (exact) mass is 529 g/mol. The molecule has 204 valence electrons. The molecule has 3 aromatic rings. The molecule has 2 heterocycles. The lowest BCUT2D eigenvalue weighted by Crippen LogP contribution is -2.25. The molecule has 0 amide bonds. The van der Waals surface area contributed by atoms with Crippen LogP contribution in [-0.2, 0) is 22.5 Å². The van der Waals surface area contributed by atoms with Crippen LogP contribution >= 0.6 is 0 Å². The smallest absolute Gasteiger partial charge is 0.227 e. The fourth-order valence-electron chi connectivity index (χ4n) is 4.11. The zero-order valence-corrected chi connectivity index (χ0v) is 22.3. The van der Waals surface area contributed by atoms with Crippen molar-refractivity contribution in [3.8, 4) is 17.2 Å². The first-order chi connectivity index (χ1) is 18.2. The zero-order valence-electron chi connectivity index (χ0n) is 22.3. The van der Waals surface area contributed by atoms with Gasteiger partial charge in [0.15, 0.2) is 23.1 Å². The van der Waals surface area contributed by atoms with Gasteiger partial charge in [0, 0.05) is 5.69 Å². The predicted octanol–water partition coefficient (Wildman–Crippen LogP) is 5.88. The Morgan fingerprint density at radius 2 is 1.84 bits per heavy atom. The Balaban J connectivity index is 1.35. The van der Waals surface area contributed by atoms with Crippen LogP contribution in [0.25, 0.3) is 0 Å². The molecule has 1 unspecified atom stereocenters. The van der Waals surface area contributed by atoms with E-state index >= 15 is 0 Å². The van der Waals surface area contributed by atoms with Gasteiger partial charge in [-0.25, -0.2) is 18.7 Å². The summed E-state index contributed by atoms with van der Waals surface area (Å²) in [5, 5.41) is 3.12. The number of benzene rings is 2. The highest BCUT2D eigenvalue weighted by atomic mass is 19.1. The highest BCUT2D eigenvalue weighted by Crippen LogP contribution is 2.29. The number of nitrogens with zero attached hydrogens (tertiary/aromatic N) is 2. The van der Waals surface area contributed by atoms with E-state index < -0.39 is 17.4 Å². The van der Waals surface area contributed by atoms with Gasteiger partial charge in [0.05, 0.1) is 31.7 Å². The Bertz CT molecular complexity index is 1250. The van der Waals surface area contributed by atoms with Crippen LogP contribution in [0.15, 0.2) is 36.7 Å². The normalized spacial score (nSPS) is 16.3. The summed E-state index contributed by atoms with van der Waals surface area (Å²) in [4.78, 5) is 8.49. The highest BCUT2D eigenvalue weighted by molar-refractivity contribution is 5.57. The fourth-order valence-corrected chi connectivity index (χ4v) is 4.11. The second-order valence-corrected chi connectivity index (χ2v) is 9.49. The number of aryl methyl sites for hydroxylation is 2. The van der Waals surface area contributed by atoms with Gasteiger partial charge >= 0.3 is 0 Å². The molecule has 1 N–H and O–H groups in total. The Kier molecular flexibility index (Phi) is 8.63. The van der Waals surface area contributed by atoms with E-state index in [1.54, 1.807) is 0 Å². The minimum absolute atomic E-state index is 0.0132.